The Bertz CT molecular complexity index is 493. The summed E-state index contributed by atoms with van der Waals surface area (Å²) in [6.07, 6.45) is 0.367. The first kappa shape index (κ1) is 15.4. The van der Waals surface area contributed by atoms with Crippen LogP contribution in [0.3, 0.4) is 0 Å². The highest BCUT2D eigenvalue weighted by Gasteiger charge is 2.22. The zero-order valence-corrected chi connectivity index (χ0v) is 11.9. The van der Waals surface area contributed by atoms with Crippen molar-refractivity contribution in [3.8, 4) is 0 Å². The number of carbonyl (C=O) groups is 3. The van der Waals surface area contributed by atoms with Gasteiger partial charge in [0.15, 0.2) is 5.78 Å². The van der Waals surface area contributed by atoms with Gasteiger partial charge in [-0.05, 0) is 31.4 Å². The van der Waals surface area contributed by atoms with Gasteiger partial charge in [-0.3, -0.25) is 9.59 Å². The van der Waals surface area contributed by atoms with Crippen molar-refractivity contribution in [3.63, 3.8) is 0 Å². The van der Waals surface area contributed by atoms with Gasteiger partial charge in [-0.15, -0.1) is 11.3 Å². The fourth-order valence-corrected chi connectivity index (χ4v) is 2.38. The van der Waals surface area contributed by atoms with Crippen molar-refractivity contribution < 1.29 is 19.5 Å². The van der Waals surface area contributed by atoms with E-state index in [1.807, 2.05) is 13.8 Å². The minimum absolute atomic E-state index is 0.110. The summed E-state index contributed by atoms with van der Waals surface area (Å²) in [6, 6.07) is 2.20. The molecule has 0 fully saturated rings. The minimum Gasteiger partial charge on any atom is -0.480 e. The fraction of sp³-hybridized carbons (Fsp3) is 0.462. The van der Waals surface area contributed by atoms with Gasteiger partial charge >= 0.3 is 5.97 Å². The molecule has 2 N–H and O–H groups in total. The smallest absolute Gasteiger partial charge is 0.326 e. The lowest BCUT2D eigenvalue weighted by atomic mass is 10.0. The molecule has 1 aromatic rings. The SMILES string of the molecule is CC(=O)c1ccc(C(=O)N[C@H](CC(C)C)C(=O)O)s1. The number of Topliss-reactive ketones (excluding diaryl/α,β-unsaturated/α-hetero) is 1. The molecular formula is C13H17NO4S. The van der Waals surface area contributed by atoms with E-state index in [9.17, 15) is 14.4 Å². The van der Waals surface area contributed by atoms with E-state index in [4.69, 9.17) is 5.11 Å². The van der Waals surface area contributed by atoms with Gasteiger partial charge in [0.2, 0.25) is 0 Å². The molecule has 1 atom stereocenters. The first-order chi connectivity index (χ1) is 8.81. The number of carboxylic acids is 1. The summed E-state index contributed by atoms with van der Waals surface area (Å²) in [6.45, 7) is 5.20. The molecule has 5 nitrogen and oxygen atoms in total. The maximum atomic E-state index is 11.9. The molecule has 0 aliphatic rings. The van der Waals surface area contributed by atoms with E-state index >= 15 is 0 Å². The second-order valence-electron chi connectivity index (χ2n) is 4.71. The van der Waals surface area contributed by atoms with Gasteiger partial charge in [-0.2, -0.15) is 0 Å². The van der Waals surface area contributed by atoms with Crippen molar-refractivity contribution in [2.24, 2.45) is 5.92 Å². The third-order valence-electron chi connectivity index (χ3n) is 2.49. The van der Waals surface area contributed by atoms with Crippen LogP contribution in [0.1, 0.15) is 46.5 Å². The summed E-state index contributed by atoms with van der Waals surface area (Å²) in [5.41, 5.74) is 0. The van der Waals surface area contributed by atoms with Crippen molar-refractivity contribution in [1.82, 2.24) is 5.32 Å². The highest BCUT2D eigenvalue weighted by molar-refractivity contribution is 7.15. The molecule has 0 saturated heterocycles. The quantitative estimate of drug-likeness (QED) is 0.784. The molecule has 6 heteroatoms. The average Bonchev–Trinajstić information content (AvgIpc) is 2.76. The Kier molecular flexibility index (Phi) is 5.23. The van der Waals surface area contributed by atoms with Crippen molar-refractivity contribution in [1.29, 1.82) is 0 Å². The average molecular weight is 283 g/mol. The van der Waals surface area contributed by atoms with Gasteiger partial charge in [-0.1, -0.05) is 13.8 Å². The Morgan fingerprint density at radius 1 is 1.26 bits per heavy atom. The standard InChI is InChI=1S/C13H17NO4S/c1-7(2)6-9(13(17)18)14-12(16)11-5-4-10(19-11)8(3)15/h4-5,7,9H,6H2,1-3H3,(H,14,16)(H,17,18)/t9-/m1/s1. The Morgan fingerprint density at radius 2 is 1.84 bits per heavy atom. The summed E-state index contributed by atoms with van der Waals surface area (Å²) >= 11 is 1.07. The molecule has 0 saturated carbocycles. The van der Waals surface area contributed by atoms with Crippen molar-refractivity contribution in [3.05, 3.63) is 21.9 Å². The van der Waals surface area contributed by atoms with E-state index in [0.29, 0.717) is 16.2 Å². The first-order valence-electron chi connectivity index (χ1n) is 5.95. The maximum absolute atomic E-state index is 11.9. The number of hydrogen-bond acceptors (Lipinski definition) is 4. The number of amides is 1. The van der Waals surface area contributed by atoms with Gasteiger partial charge in [0.25, 0.3) is 5.91 Å². The van der Waals surface area contributed by atoms with Gasteiger partial charge in [-0.25, -0.2) is 4.79 Å². The Hall–Kier alpha value is -1.69. The first-order valence-corrected chi connectivity index (χ1v) is 6.77. The van der Waals surface area contributed by atoms with Crippen molar-refractivity contribution in [2.45, 2.75) is 33.2 Å². The summed E-state index contributed by atoms with van der Waals surface area (Å²) in [7, 11) is 0. The molecule has 0 aliphatic carbocycles. The predicted molar refractivity (Wildman–Crippen MR) is 72.7 cm³/mol. The number of ketones is 1. The van der Waals surface area contributed by atoms with E-state index < -0.39 is 17.9 Å². The van der Waals surface area contributed by atoms with Crippen molar-refractivity contribution in [2.75, 3.05) is 0 Å². The lowest BCUT2D eigenvalue weighted by Gasteiger charge is -2.15. The molecule has 1 heterocycles. The van der Waals surface area contributed by atoms with Crippen LogP contribution in [0.25, 0.3) is 0 Å². The second kappa shape index (κ2) is 6.47. The van der Waals surface area contributed by atoms with Crippen LogP contribution in [0.2, 0.25) is 0 Å². The molecule has 0 unspecified atom stereocenters. The highest BCUT2D eigenvalue weighted by Crippen LogP contribution is 2.17. The Morgan fingerprint density at radius 3 is 2.26 bits per heavy atom. The van der Waals surface area contributed by atoms with Gasteiger partial charge < -0.3 is 10.4 Å². The summed E-state index contributed by atoms with van der Waals surface area (Å²) in [5.74, 6) is -1.45. The van der Waals surface area contributed by atoms with Crippen LogP contribution in [0.4, 0.5) is 0 Å². The summed E-state index contributed by atoms with van der Waals surface area (Å²) < 4.78 is 0. The third kappa shape index (κ3) is 4.48. The highest BCUT2D eigenvalue weighted by atomic mass is 32.1. The van der Waals surface area contributed by atoms with E-state index in [2.05, 4.69) is 5.32 Å². The molecule has 0 radical (unpaired) electrons. The molecule has 0 aliphatic heterocycles. The van der Waals surface area contributed by atoms with Crippen LogP contribution in [-0.4, -0.2) is 28.8 Å². The second-order valence-corrected chi connectivity index (χ2v) is 5.80. The van der Waals surface area contributed by atoms with Crippen molar-refractivity contribution >= 4 is 29.0 Å². The maximum Gasteiger partial charge on any atom is 0.326 e. The Balaban J connectivity index is 2.75. The van der Waals surface area contributed by atoms with E-state index in [0.717, 1.165) is 11.3 Å². The van der Waals surface area contributed by atoms with Gasteiger partial charge in [0, 0.05) is 0 Å². The van der Waals surface area contributed by atoms with Crippen LogP contribution >= 0.6 is 11.3 Å². The third-order valence-corrected chi connectivity index (χ3v) is 3.67. The van der Waals surface area contributed by atoms with Crippen LogP contribution in [0.15, 0.2) is 12.1 Å². The lowest BCUT2D eigenvalue weighted by molar-refractivity contribution is -0.139. The van der Waals surface area contributed by atoms with Gasteiger partial charge in [0.05, 0.1) is 9.75 Å². The van der Waals surface area contributed by atoms with E-state index in [1.165, 1.54) is 13.0 Å². The molecule has 0 aromatic carbocycles. The fourth-order valence-electron chi connectivity index (χ4n) is 1.57. The minimum atomic E-state index is -1.05. The Labute approximate surface area is 115 Å². The molecule has 19 heavy (non-hydrogen) atoms. The zero-order chi connectivity index (χ0) is 14.6. The van der Waals surface area contributed by atoms with E-state index in [1.54, 1.807) is 6.07 Å². The summed E-state index contributed by atoms with van der Waals surface area (Å²) in [5, 5.41) is 11.5. The van der Waals surface area contributed by atoms with Crippen LogP contribution in [-0.2, 0) is 4.79 Å². The summed E-state index contributed by atoms with van der Waals surface area (Å²) in [4.78, 5) is 34.9. The van der Waals surface area contributed by atoms with Crippen LogP contribution in [0.5, 0.6) is 0 Å². The molecule has 104 valence electrons. The van der Waals surface area contributed by atoms with E-state index in [-0.39, 0.29) is 11.7 Å². The molecule has 1 amide bonds. The number of aliphatic carboxylic acids is 1. The van der Waals surface area contributed by atoms with Gasteiger partial charge in [0.1, 0.15) is 6.04 Å². The largest absolute Gasteiger partial charge is 0.480 e. The molecule has 1 aromatic heterocycles. The number of nitrogens with one attached hydrogen (secondary N) is 1. The lowest BCUT2D eigenvalue weighted by Crippen LogP contribution is -2.41. The number of rotatable bonds is 6. The number of hydrogen-bond donors (Lipinski definition) is 2. The van der Waals surface area contributed by atoms with Crippen LogP contribution in [0, 0.1) is 5.92 Å². The zero-order valence-electron chi connectivity index (χ0n) is 11.1. The number of carboxylic acid groups (broad SMARTS) is 1. The topological polar surface area (TPSA) is 83.5 Å². The molecule has 0 bridgehead atoms. The number of thiophene rings is 1. The molecule has 1 rings (SSSR count). The normalized spacial score (nSPS) is 12.2. The number of carbonyl (C=O) groups excluding carboxylic acids is 2. The van der Waals surface area contributed by atoms with Crippen LogP contribution < -0.4 is 5.32 Å². The monoisotopic (exact) mass is 283 g/mol. The predicted octanol–water partition coefficient (Wildman–Crippen LogP) is 2.18. The molecular weight excluding hydrogens is 266 g/mol. The molecule has 0 spiro atoms.